The first-order valence-corrected chi connectivity index (χ1v) is 4.16. The molecule has 0 fully saturated rings. The minimum absolute atomic E-state index is 0.199. The van der Waals surface area contributed by atoms with Crippen LogP contribution in [0.1, 0.15) is 34.1 Å². The Labute approximate surface area is 69.5 Å². The second-order valence-electron chi connectivity index (χ2n) is 3.56. The number of rotatable bonds is 4. The predicted octanol–water partition coefficient (Wildman–Crippen LogP) is 2.81. The van der Waals surface area contributed by atoms with Crippen LogP contribution >= 0.6 is 0 Å². The minimum Gasteiger partial charge on any atom is -0.303 e. The molecule has 0 bridgehead atoms. The Morgan fingerprint density at radius 1 is 1.36 bits per heavy atom. The Kier molecular flexibility index (Phi) is 4.84. The van der Waals surface area contributed by atoms with Crippen molar-refractivity contribution in [2.24, 2.45) is 11.8 Å². The molecule has 0 aromatic rings. The van der Waals surface area contributed by atoms with E-state index in [1.54, 1.807) is 0 Å². The van der Waals surface area contributed by atoms with Crippen LogP contribution in [-0.2, 0) is 4.79 Å². The van der Waals surface area contributed by atoms with Crippen molar-refractivity contribution in [1.82, 2.24) is 0 Å². The Morgan fingerprint density at radius 3 is 2.18 bits per heavy atom. The normalized spacial score (nSPS) is 12.8. The van der Waals surface area contributed by atoms with Gasteiger partial charge in [-0.05, 0) is 26.2 Å². The topological polar surface area (TPSA) is 17.1 Å². The number of carbonyl (C=O) groups excluding carboxylic acids is 1. The van der Waals surface area contributed by atoms with Crippen molar-refractivity contribution in [1.29, 1.82) is 0 Å². The molecular weight excluding hydrogens is 136 g/mol. The molecule has 0 aromatic heterocycles. The quantitative estimate of drug-likeness (QED) is 0.449. The van der Waals surface area contributed by atoms with E-state index in [0.717, 1.165) is 12.7 Å². The summed E-state index contributed by atoms with van der Waals surface area (Å²) in [6.07, 6.45) is 4.08. The molecule has 0 amide bonds. The Hall–Kier alpha value is -0.590. The summed E-state index contributed by atoms with van der Waals surface area (Å²) in [5.41, 5.74) is 1.29. The van der Waals surface area contributed by atoms with E-state index in [1.807, 2.05) is 0 Å². The summed E-state index contributed by atoms with van der Waals surface area (Å²) in [5.74, 6) is 0.660. The fourth-order valence-corrected chi connectivity index (χ4v) is 0.857. The monoisotopic (exact) mass is 154 g/mol. The van der Waals surface area contributed by atoms with Crippen molar-refractivity contribution in [2.75, 3.05) is 0 Å². The molecule has 1 heteroatoms. The van der Waals surface area contributed by atoms with Crippen molar-refractivity contribution in [3.63, 3.8) is 0 Å². The fourth-order valence-electron chi connectivity index (χ4n) is 0.857. The zero-order valence-corrected chi connectivity index (χ0v) is 7.92. The lowest BCUT2D eigenvalue weighted by atomic mass is 9.93. The first-order chi connectivity index (χ1) is 5.07. The highest BCUT2D eigenvalue weighted by Gasteiger charge is 2.09. The molecule has 0 aromatic carbocycles. The Morgan fingerprint density at radius 2 is 1.91 bits per heavy atom. The first-order valence-electron chi connectivity index (χ1n) is 4.16. The van der Waals surface area contributed by atoms with Crippen LogP contribution in [0.5, 0.6) is 0 Å². The largest absolute Gasteiger partial charge is 0.303 e. The van der Waals surface area contributed by atoms with Crippen LogP contribution in [0.25, 0.3) is 0 Å². The van der Waals surface area contributed by atoms with E-state index in [4.69, 9.17) is 0 Å². The van der Waals surface area contributed by atoms with Crippen LogP contribution in [0.3, 0.4) is 0 Å². The van der Waals surface area contributed by atoms with Crippen LogP contribution in [0, 0.1) is 11.8 Å². The van der Waals surface area contributed by atoms with Crippen molar-refractivity contribution < 1.29 is 4.79 Å². The maximum absolute atomic E-state index is 10.5. The van der Waals surface area contributed by atoms with Gasteiger partial charge in [0.1, 0.15) is 6.29 Å². The van der Waals surface area contributed by atoms with E-state index < -0.39 is 0 Å². The molecule has 0 radical (unpaired) electrons. The molecule has 0 N–H and O–H groups in total. The molecule has 0 aliphatic carbocycles. The highest BCUT2D eigenvalue weighted by molar-refractivity contribution is 5.54. The lowest BCUT2D eigenvalue weighted by Gasteiger charge is -2.10. The van der Waals surface area contributed by atoms with Gasteiger partial charge in [0, 0.05) is 5.92 Å². The molecule has 1 nitrogen and oxygen atoms in total. The zero-order valence-electron chi connectivity index (χ0n) is 7.92. The number of allylic oxidation sites excluding steroid dienone is 2. The van der Waals surface area contributed by atoms with Gasteiger partial charge in [0.05, 0.1) is 0 Å². The lowest BCUT2D eigenvalue weighted by molar-refractivity contribution is -0.112. The van der Waals surface area contributed by atoms with Gasteiger partial charge in [-0.25, -0.2) is 0 Å². The second-order valence-corrected chi connectivity index (χ2v) is 3.56. The summed E-state index contributed by atoms with van der Waals surface area (Å²) in [7, 11) is 0. The van der Waals surface area contributed by atoms with Gasteiger partial charge in [-0.1, -0.05) is 25.5 Å². The van der Waals surface area contributed by atoms with Crippen molar-refractivity contribution in [3.05, 3.63) is 11.6 Å². The summed E-state index contributed by atoms with van der Waals surface area (Å²) in [6, 6.07) is 0. The van der Waals surface area contributed by atoms with Crippen molar-refractivity contribution in [3.8, 4) is 0 Å². The third-order valence-electron chi connectivity index (χ3n) is 1.83. The molecule has 1 atom stereocenters. The highest BCUT2D eigenvalue weighted by atomic mass is 16.1. The highest BCUT2D eigenvalue weighted by Crippen LogP contribution is 2.13. The molecule has 0 spiro atoms. The number of carbonyl (C=O) groups is 1. The fraction of sp³-hybridized carbons (Fsp3) is 0.700. The van der Waals surface area contributed by atoms with E-state index in [1.165, 1.54) is 5.57 Å². The van der Waals surface area contributed by atoms with Gasteiger partial charge >= 0.3 is 0 Å². The molecule has 0 unspecified atom stereocenters. The van der Waals surface area contributed by atoms with E-state index in [2.05, 4.69) is 33.8 Å². The van der Waals surface area contributed by atoms with E-state index in [9.17, 15) is 4.79 Å². The van der Waals surface area contributed by atoms with Gasteiger partial charge in [0.25, 0.3) is 0 Å². The second kappa shape index (κ2) is 5.11. The molecule has 0 heterocycles. The van der Waals surface area contributed by atoms with Gasteiger partial charge in [0.15, 0.2) is 0 Å². The third kappa shape index (κ3) is 4.77. The van der Waals surface area contributed by atoms with Crippen LogP contribution in [-0.4, -0.2) is 6.29 Å². The average molecular weight is 154 g/mol. The van der Waals surface area contributed by atoms with Gasteiger partial charge in [0.2, 0.25) is 0 Å². The van der Waals surface area contributed by atoms with Crippen LogP contribution in [0.4, 0.5) is 0 Å². The molecule has 0 saturated carbocycles. The maximum Gasteiger partial charge on any atom is 0.123 e. The maximum atomic E-state index is 10.5. The number of aldehydes is 1. The van der Waals surface area contributed by atoms with Gasteiger partial charge in [-0.3, -0.25) is 0 Å². The number of hydrogen-bond acceptors (Lipinski definition) is 1. The summed E-state index contributed by atoms with van der Waals surface area (Å²) < 4.78 is 0. The van der Waals surface area contributed by atoms with Gasteiger partial charge < -0.3 is 4.79 Å². The molecule has 0 aliphatic rings. The lowest BCUT2D eigenvalue weighted by Crippen LogP contribution is -2.08. The van der Waals surface area contributed by atoms with Crippen molar-refractivity contribution >= 4 is 6.29 Å². The van der Waals surface area contributed by atoms with Crippen LogP contribution in [0.15, 0.2) is 11.6 Å². The van der Waals surface area contributed by atoms with E-state index >= 15 is 0 Å². The summed E-state index contributed by atoms with van der Waals surface area (Å²) in [6.45, 7) is 8.28. The standard InChI is InChI=1S/C10H18O/c1-8(2)5-6-10(7-11)9(3)4/h5,7,9-10H,6H2,1-4H3/t10-/m1/s1. The summed E-state index contributed by atoms with van der Waals surface area (Å²) in [5, 5.41) is 0. The third-order valence-corrected chi connectivity index (χ3v) is 1.83. The molecular formula is C10H18O. The molecule has 64 valence electrons. The first kappa shape index (κ1) is 10.4. The summed E-state index contributed by atoms with van der Waals surface area (Å²) >= 11 is 0. The molecule has 0 rings (SSSR count). The molecule has 0 aliphatic heterocycles. The van der Waals surface area contributed by atoms with Gasteiger partial charge in [-0.15, -0.1) is 0 Å². The molecule has 0 saturated heterocycles. The van der Waals surface area contributed by atoms with Crippen LogP contribution < -0.4 is 0 Å². The smallest absolute Gasteiger partial charge is 0.123 e. The zero-order chi connectivity index (χ0) is 8.85. The Bertz CT molecular complexity index is 141. The minimum atomic E-state index is 0.199. The average Bonchev–Trinajstić information content (AvgIpc) is 1.87. The van der Waals surface area contributed by atoms with Crippen molar-refractivity contribution in [2.45, 2.75) is 34.1 Å². The van der Waals surface area contributed by atoms with E-state index in [-0.39, 0.29) is 5.92 Å². The van der Waals surface area contributed by atoms with Gasteiger partial charge in [-0.2, -0.15) is 0 Å². The number of hydrogen-bond donors (Lipinski definition) is 0. The molecule has 11 heavy (non-hydrogen) atoms. The van der Waals surface area contributed by atoms with Crippen LogP contribution in [0.2, 0.25) is 0 Å². The summed E-state index contributed by atoms with van der Waals surface area (Å²) in [4.78, 5) is 10.5. The van der Waals surface area contributed by atoms with E-state index in [0.29, 0.717) is 5.92 Å². The Balaban J connectivity index is 3.89. The SMILES string of the molecule is CC(C)=CC[C@H](C=O)C(C)C. The predicted molar refractivity (Wildman–Crippen MR) is 48.4 cm³/mol.